The highest BCUT2D eigenvalue weighted by molar-refractivity contribution is 5.10. The molecule has 0 aliphatic carbocycles. The minimum absolute atomic E-state index is 0.963. The number of aromatic nitrogens is 1. The zero-order valence-electron chi connectivity index (χ0n) is 5.10. The summed E-state index contributed by atoms with van der Waals surface area (Å²) >= 11 is 0. The van der Waals surface area contributed by atoms with Crippen LogP contribution in [0.15, 0.2) is 12.3 Å². The minimum Gasteiger partial charge on any atom is -0.261 e. The first-order valence-electron chi connectivity index (χ1n) is 2.60. The summed E-state index contributed by atoms with van der Waals surface area (Å²) in [6.45, 7) is 3.95. The largest absolute Gasteiger partial charge is 0.261 e. The van der Waals surface area contributed by atoms with Crippen molar-refractivity contribution in [3.63, 3.8) is 0 Å². The summed E-state index contributed by atoms with van der Waals surface area (Å²) in [6, 6.07) is 5.00. The average molecular weight is 106 g/mol. The van der Waals surface area contributed by atoms with Crippen LogP contribution in [0.25, 0.3) is 0 Å². The Morgan fingerprint density at radius 1 is 1.50 bits per heavy atom. The summed E-state index contributed by atoms with van der Waals surface area (Å²) in [5.41, 5.74) is 2.11. The van der Waals surface area contributed by atoms with E-state index < -0.39 is 0 Å². The summed E-state index contributed by atoms with van der Waals surface area (Å²) in [4.78, 5) is 3.98. The molecular weight excluding hydrogens is 98.1 g/mol. The molecule has 8 heavy (non-hydrogen) atoms. The first-order chi connectivity index (χ1) is 3.79. The lowest BCUT2D eigenvalue weighted by Gasteiger charge is -1.88. The molecule has 1 heteroatoms. The predicted octanol–water partition coefficient (Wildman–Crippen LogP) is 1.50. The quantitative estimate of drug-likeness (QED) is 0.488. The van der Waals surface area contributed by atoms with Crippen LogP contribution >= 0.6 is 0 Å². The minimum atomic E-state index is 0.963. The average Bonchev–Trinajstić information content (AvgIpc) is 1.64. The number of rotatable bonds is 0. The SMILES string of the molecule is Cc1[c]c(C)ncc1. The Bertz CT molecular complexity index is 164. The number of hydrogen-bond acceptors (Lipinski definition) is 1. The molecule has 0 saturated carbocycles. The van der Waals surface area contributed by atoms with Gasteiger partial charge < -0.3 is 0 Å². The monoisotopic (exact) mass is 106 g/mol. The third-order valence-corrected chi connectivity index (χ3v) is 0.971. The summed E-state index contributed by atoms with van der Waals surface area (Å²) in [7, 11) is 0. The zero-order chi connectivity index (χ0) is 5.98. The molecule has 41 valence electrons. The number of pyridine rings is 1. The molecule has 1 rings (SSSR count). The standard InChI is InChI=1S/C7H8N/c1-6-3-4-8-7(2)5-6/h3-4H,1-2H3. The Labute approximate surface area is 49.4 Å². The molecule has 0 unspecified atom stereocenters. The molecule has 0 fully saturated rings. The summed E-state index contributed by atoms with van der Waals surface area (Å²) in [5, 5.41) is 0. The molecule has 0 saturated heterocycles. The van der Waals surface area contributed by atoms with Crippen LogP contribution in [0.1, 0.15) is 11.3 Å². The van der Waals surface area contributed by atoms with Gasteiger partial charge in [0, 0.05) is 18.0 Å². The topological polar surface area (TPSA) is 12.9 Å². The van der Waals surface area contributed by atoms with E-state index in [1.165, 1.54) is 0 Å². The van der Waals surface area contributed by atoms with Gasteiger partial charge in [-0.3, -0.25) is 4.98 Å². The summed E-state index contributed by atoms with van der Waals surface area (Å²) < 4.78 is 0. The number of hydrogen-bond donors (Lipinski definition) is 0. The molecule has 0 aromatic carbocycles. The lowest BCUT2D eigenvalue weighted by atomic mass is 10.3. The molecule has 1 heterocycles. The van der Waals surface area contributed by atoms with Crippen LogP contribution in [0.2, 0.25) is 0 Å². The van der Waals surface area contributed by atoms with E-state index in [1.807, 2.05) is 19.9 Å². The Kier molecular flexibility index (Phi) is 1.29. The van der Waals surface area contributed by atoms with E-state index >= 15 is 0 Å². The highest BCUT2D eigenvalue weighted by Gasteiger charge is 1.83. The van der Waals surface area contributed by atoms with Crippen LogP contribution < -0.4 is 0 Å². The van der Waals surface area contributed by atoms with Gasteiger partial charge >= 0.3 is 0 Å². The van der Waals surface area contributed by atoms with E-state index in [2.05, 4.69) is 11.1 Å². The van der Waals surface area contributed by atoms with E-state index in [9.17, 15) is 0 Å². The Morgan fingerprint density at radius 3 is 2.62 bits per heavy atom. The maximum atomic E-state index is 3.98. The molecular formula is C7H8N. The van der Waals surface area contributed by atoms with Crippen molar-refractivity contribution in [2.24, 2.45) is 0 Å². The highest BCUT2D eigenvalue weighted by Crippen LogP contribution is 1.94. The summed E-state index contributed by atoms with van der Waals surface area (Å²) in [5.74, 6) is 0. The number of nitrogens with zero attached hydrogens (tertiary/aromatic N) is 1. The normalized spacial score (nSPS) is 9.25. The van der Waals surface area contributed by atoms with Gasteiger partial charge in [-0.25, -0.2) is 0 Å². The van der Waals surface area contributed by atoms with Crippen molar-refractivity contribution in [2.45, 2.75) is 13.8 Å². The fourth-order valence-electron chi connectivity index (χ4n) is 0.620. The van der Waals surface area contributed by atoms with Gasteiger partial charge in [-0.05, 0) is 25.5 Å². The van der Waals surface area contributed by atoms with E-state index in [-0.39, 0.29) is 0 Å². The highest BCUT2D eigenvalue weighted by atomic mass is 14.6. The fraction of sp³-hybridized carbons (Fsp3) is 0.286. The van der Waals surface area contributed by atoms with E-state index in [0.29, 0.717) is 0 Å². The maximum absolute atomic E-state index is 3.98. The Hall–Kier alpha value is -0.850. The maximum Gasteiger partial charge on any atom is 0.0454 e. The third-order valence-electron chi connectivity index (χ3n) is 0.971. The molecule has 1 aromatic rings. The van der Waals surface area contributed by atoms with Crippen LogP contribution in [0.3, 0.4) is 0 Å². The lowest BCUT2D eigenvalue weighted by molar-refractivity contribution is 1.17. The summed E-state index contributed by atoms with van der Waals surface area (Å²) in [6.07, 6.45) is 1.79. The molecule has 1 radical (unpaired) electrons. The van der Waals surface area contributed by atoms with Crippen LogP contribution in [-0.2, 0) is 0 Å². The van der Waals surface area contributed by atoms with Gasteiger partial charge in [0.25, 0.3) is 0 Å². The van der Waals surface area contributed by atoms with Crippen molar-refractivity contribution in [1.29, 1.82) is 0 Å². The second kappa shape index (κ2) is 1.95. The molecule has 1 aromatic heterocycles. The molecule has 0 spiro atoms. The van der Waals surface area contributed by atoms with E-state index in [1.54, 1.807) is 6.20 Å². The van der Waals surface area contributed by atoms with Gasteiger partial charge in [0.2, 0.25) is 0 Å². The van der Waals surface area contributed by atoms with Crippen molar-refractivity contribution in [1.82, 2.24) is 4.98 Å². The molecule has 1 nitrogen and oxygen atoms in total. The molecule has 0 bridgehead atoms. The van der Waals surface area contributed by atoms with Gasteiger partial charge in [0.05, 0.1) is 0 Å². The second-order valence-corrected chi connectivity index (χ2v) is 1.84. The molecule has 0 aliphatic rings. The van der Waals surface area contributed by atoms with Crippen molar-refractivity contribution < 1.29 is 0 Å². The fourth-order valence-corrected chi connectivity index (χ4v) is 0.620. The van der Waals surface area contributed by atoms with Gasteiger partial charge in [0.1, 0.15) is 0 Å². The first-order valence-corrected chi connectivity index (χ1v) is 2.60. The van der Waals surface area contributed by atoms with Crippen molar-refractivity contribution in [3.8, 4) is 0 Å². The van der Waals surface area contributed by atoms with Gasteiger partial charge in [0.15, 0.2) is 0 Å². The number of aryl methyl sites for hydroxylation is 2. The second-order valence-electron chi connectivity index (χ2n) is 1.84. The van der Waals surface area contributed by atoms with E-state index in [0.717, 1.165) is 11.3 Å². The Balaban J connectivity index is 3.08. The van der Waals surface area contributed by atoms with Crippen LogP contribution in [0.4, 0.5) is 0 Å². The van der Waals surface area contributed by atoms with Crippen molar-refractivity contribution in [2.75, 3.05) is 0 Å². The molecule has 0 N–H and O–H groups in total. The van der Waals surface area contributed by atoms with Gasteiger partial charge in [-0.15, -0.1) is 0 Å². The van der Waals surface area contributed by atoms with Crippen LogP contribution in [-0.4, -0.2) is 4.98 Å². The van der Waals surface area contributed by atoms with Crippen LogP contribution in [0.5, 0.6) is 0 Å². The zero-order valence-corrected chi connectivity index (χ0v) is 5.10. The lowest BCUT2D eigenvalue weighted by Crippen LogP contribution is -1.79. The molecule has 0 amide bonds. The smallest absolute Gasteiger partial charge is 0.0454 e. The van der Waals surface area contributed by atoms with Crippen molar-refractivity contribution in [3.05, 3.63) is 29.6 Å². The third kappa shape index (κ3) is 1.06. The predicted molar refractivity (Wildman–Crippen MR) is 32.5 cm³/mol. The van der Waals surface area contributed by atoms with Crippen LogP contribution in [0, 0.1) is 19.9 Å². The van der Waals surface area contributed by atoms with E-state index in [4.69, 9.17) is 0 Å². The molecule has 0 aliphatic heterocycles. The first kappa shape index (κ1) is 5.29. The Morgan fingerprint density at radius 2 is 2.25 bits per heavy atom. The molecule has 0 atom stereocenters. The van der Waals surface area contributed by atoms with Crippen molar-refractivity contribution >= 4 is 0 Å². The van der Waals surface area contributed by atoms with Gasteiger partial charge in [-0.2, -0.15) is 0 Å². The van der Waals surface area contributed by atoms with Gasteiger partial charge in [-0.1, -0.05) is 0 Å².